The Morgan fingerprint density at radius 2 is 1.78 bits per heavy atom. The van der Waals surface area contributed by atoms with Crippen molar-refractivity contribution >= 4 is 29.0 Å². The van der Waals surface area contributed by atoms with Gasteiger partial charge >= 0.3 is 5.97 Å². The number of carbonyl (C=O) groups is 3. The van der Waals surface area contributed by atoms with Crippen LogP contribution in [0.5, 0.6) is 0 Å². The van der Waals surface area contributed by atoms with Crippen LogP contribution in [0.15, 0.2) is 84.3 Å². The van der Waals surface area contributed by atoms with Gasteiger partial charge in [-0.2, -0.15) is 0 Å². The predicted molar refractivity (Wildman–Crippen MR) is 132 cm³/mol. The van der Waals surface area contributed by atoms with E-state index in [4.69, 9.17) is 0 Å². The number of aromatic nitrogens is 1. The molecule has 0 radical (unpaired) electrons. The van der Waals surface area contributed by atoms with E-state index in [1.807, 2.05) is 18.2 Å². The molecule has 0 saturated heterocycles. The molecular weight excluding hydrogens is 461 g/mol. The van der Waals surface area contributed by atoms with E-state index in [1.54, 1.807) is 42.7 Å². The first-order valence-electron chi connectivity index (χ1n) is 11.7. The van der Waals surface area contributed by atoms with Crippen molar-refractivity contribution in [3.05, 3.63) is 101 Å². The number of halogens is 1. The number of carboxylic acid groups (broad SMARTS) is 1. The summed E-state index contributed by atoms with van der Waals surface area (Å²) in [6, 6.07) is 16.2. The maximum atomic E-state index is 13.8. The molecule has 182 valence electrons. The number of ketones is 1. The first-order chi connectivity index (χ1) is 17.4. The summed E-state index contributed by atoms with van der Waals surface area (Å²) in [5.74, 6) is -2.09. The summed E-state index contributed by atoms with van der Waals surface area (Å²) < 4.78 is 13.5. The number of fused-ring (bicyclic) bond motifs is 1. The molecule has 2 atom stereocenters. The second-order valence-electron chi connectivity index (χ2n) is 8.96. The number of aliphatic carboxylic acids is 1. The lowest BCUT2D eigenvalue weighted by molar-refractivity contribution is -0.138. The van der Waals surface area contributed by atoms with E-state index in [0.717, 1.165) is 5.56 Å². The summed E-state index contributed by atoms with van der Waals surface area (Å²) in [6.07, 6.45) is 3.41. The number of nitrogens with zero attached hydrogens (tertiary/aromatic N) is 2. The Hall–Kier alpha value is -4.33. The van der Waals surface area contributed by atoms with E-state index in [9.17, 15) is 23.9 Å². The van der Waals surface area contributed by atoms with Gasteiger partial charge in [0.2, 0.25) is 5.91 Å². The number of benzene rings is 2. The van der Waals surface area contributed by atoms with Crippen molar-refractivity contribution in [3.8, 4) is 0 Å². The molecule has 0 fully saturated rings. The van der Waals surface area contributed by atoms with Crippen LogP contribution in [-0.2, 0) is 14.4 Å². The molecule has 36 heavy (non-hydrogen) atoms. The fraction of sp³-hybridized carbons (Fsp3) is 0.214. The lowest BCUT2D eigenvalue weighted by Gasteiger charge is -2.35. The van der Waals surface area contributed by atoms with Crippen molar-refractivity contribution in [1.82, 2.24) is 4.98 Å². The third kappa shape index (κ3) is 4.49. The Morgan fingerprint density at radius 3 is 2.50 bits per heavy atom. The Bertz CT molecular complexity index is 1350. The molecule has 2 heterocycles. The predicted octanol–water partition coefficient (Wildman–Crippen LogP) is 4.99. The summed E-state index contributed by atoms with van der Waals surface area (Å²) in [7, 11) is 0. The number of Topliss-reactive ketones (excluding diaryl/α,β-unsaturated/α-hetero) is 1. The van der Waals surface area contributed by atoms with Crippen LogP contribution >= 0.6 is 0 Å². The number of rotatable bonds is 5. The molecule has 0 bridgehead atoms. The molecule has 7 nitrogen and oxygen atoms in total. The molecule has 0 spiro atoms. The van der Waals surface area contributed by atoms with Gasteiger partial charge in [-0.05, 0) is 53.8 Å². The molecule has 2 aromatic carbocycles. The minimum absolute atomic E-state index is 0.129. The van der Waals surface area contributed by atoms with Crippen molar-refractivity contribution in [2.24, 2.45) is 0 Å². The highest BCUT2D eigenvalue weighted by atomic mass is 19.1. The van der Waals surface area contributed by atoms with E-state index in [1.165, 1.54) is 17.0 Å². The number of para-hydroxylation sites is 2. The van der Waals surface area contributed by atoms with Crippen LogP contribution in [0.1, 0.15) is 48.8 Å². The second-order valence-corrected chi connectivity index (χ2v) is 8.96. The highest BCUT2D eigenvalue weighted by molar-refractivity contribution is 6.06. The third-order valence-corrected chi connectivity index (χ3v) is 6.65. The Balaban J connectivity index is 1.66. The van der Waals surface area contributed by atoms with Gasteiger partial charge in [-0.15, -0.1) is 0 Å². The van der Waals surface area contributed by atoms with Crippen molar-refractivity contribution in [2.75, 3.05) is 10.2 Å². The van der Waals surface area contributed by atoms with Crippen molar-refractivity contribution in [1.29, 1.82) is 0 Å². The molecule has 3 aromatic rings. The minimum atomic E-state index is -1.07. The van der Waals surface area contributed by atoms with E-state index in [0.29, 0.717) is 34.6 Å². The normalized spacial score (nSPS) is 19.1. The molecule has 1 aliphatic carbocycles. The average molecular weight is 486 g/mol. The lowest BCUT2D eigenvalue weighted by Crippen LogP contribution is -2.38. The Labute approximate surface area is 207 Å². The summed E-state index contributed by atoms with van der Waals surface area (Å²) in [4.78, 5) is 44.3. The smallest absolute Gasteiger partial charge is 0.303 e. The van der Waals surface area contributed by atoms with Crippen molar-refractivity contribution < 1.29 is 23.9 Å². The standard InChI is InChI=1S/C28H24FN3O4/c29-20-9-7-17(8-10-20)19-14-22-27(24(33)15-19)28(18-4-3-13-30-16-18)32(25(34)11-12-26(35)36)23-6-2-1-5-21(23)31-22/h1-10,13,16,19,28,31H,11-12,14-15H2,(H,35,36)/t19-,28+/m1/s1. The van der Waals surface area contributed by atoms with Gasteiger partial charge in [0.1, 0.15) is 5.82 Å². The van der Waals surface area contributed by atoms with Crippen LogP contribution in [0.25, 0.3) is 0 Å². The maximum Gasteiger partial charge on any atom is 0.303 e. The number of hydrogen-bond acceptors (Lipinski definition) is 5. The molecule has 2 aliphatic rings. The molecule has 1 aliphatic heterocycles. The van der Waals surface area contributed by atoms with Crippen LogP contribution in [0.2, 0.25) is 0 Å². The van der Waals surface area contributed by atoms with Gasteiger partial charge in [-0.25, -0.2) is 4.39 Å². The van der Waals surface area contributed by atoms with E-state index < -0.39 is 17.9 Å². The van der Waals surface area contributed by atoms with Gasteiger partial charge in [-0.3, -0.25) is 24.3 Å². The number of nitrogens with one attached hydrogen (secondary N) is 1. The molecule has 5 rings (SSSR count). The molecule has 2 N–H and O–H groups in total. The average Bonchev–Trinajstić information content (AvgIpc) is 3.03. The van der Waals surface area contributed by atoms with Crippen LogP contribution < -0.4 is 10.2 Å². The number of anilines is 2. The first kappa shape index (κ1) is 23.4. The molecule has 1 aromatic heterocycles. The van der Waals surface area contributed by atoms with Crippen molar-refractivity contribution in [2.45, 2.75) is 37.6 Å². The quantitative estimate of drug-likeness (QED) is 0.529. The van der Waals surface area contributed by atoms with Gasteiger partial charge in [0.25, 0.3) is 0 Å². The van der Waals surface area contributed by atoms with E-state index in [2.05, 4.69) is 10.3 Å². The number of amides is 1. The second kappa shape index (κ2) is 9.73. The minimum Gasteiger partial charge on any atom is -0.481 e. The monoisotopic (exact) mass is 485 g/mol. The lowest BCUT2D eigenvalue weighted by atomic mass is 9.78. The topological polar surface area (TPSA) is 99.6 Å². The number of carboxylic acids is 1. The van der Waals surface area contributed by atoms with Gasteiger partial charge in [0.05, 0.1) is 23.8 Å². The third-order valence-electron chi connectivity index (χ3n) is 6.65. The molecule has 0 saturated carbocycles. The largest absolute Gasteiger partial charge is 0.481 e. The van der Waals surface area contributed by atoms with Crippen LogP contribution in [0.4, 0.5) is 15.8 Å². The zero-order valence-electron chi connectivity index (χ0n) is 19.4. The summed E-state index contributed by atoms with van der Waals surface area (Å²) in [5, 5.41) is 12.6. The zero-order valence-corrected chi connectivity index (χ0v) is 19.4. The van der Waals surface area contributed by atoms with Gasteiger partial charge in [0.15, 0.2) is 5.78 Å². The fourth-order valence-electron chi connectivity index (χ4n) is 5.02. The molecule has 1 amide bonds. The summed E-state index contributed by atoms with van der Waals surface area (Å²) >= 11 is 0. The number of allylic oxidation sites excluding steroid dienone is 1. The maximum absolute atomic E-state index is 13.8. The van der Waals surface area contributed by atoms with Gasteiger partial charge < -0.3 is 10.4 Å². The highest BCUT2D eigenvalue weighted by Gasteiger charge is 2.41. The van der Waals surface area contributed by atoms with Gasteiger partial charge in [0, 0.05) is 36.5 Å². The summed E-state index contributed by atoms with van der Waals surface area (Å²) in [5.41, 5.74) is 3.87. The van der Waals surface area contributed by atoms with Crippen LogP contribution in [0, 0.1) is 5.82 Å². The Morgan fingerprint density at radius 1 is 1.00 bits per heavy atom. The zero-order chi connectivity index (χ0) is 25.2. The molecular formula is C28H24FN3O4. The first-order valence-corrected chi connectivity index (χ1v) is 11.7. The number of pyridine rings is 1. The van der Waals surface area contributed by atoms with Crippen LogP contribution in [-0.4, -0.2) is 27.8 Å². The highest BCUT2D eigenvalue weighted by Crippen LogP contribution is 2.47. The summed E-state index contributed by atoms with van der Waals surface area (Å²) in [6.45, 7) is 0. The number of hydrogen-bond donors (Lipinski definition) is 2. The van der Waals surface area contributed by atoms with E-state index in [-0.39, 0.29) is 36.8 Å². The van der Waals surface area contributed by atoms with E-state index >= 15 is 0 Å². The van der Waals surface area contributed by atoms with Gasteiger partial charge in [-0.1, -0.05) is 30.3 Å². The number of carbonyl (C=O) groups excluding carboxylic acids is 2. The molecule has 0 unspecified atom stereocenters. The SMILES string of the molecule is O=C(O)CCC(=O)N1c2ccccc2NC2=C(C(=O)C[C@H](c3ccc(F)cc3)C2)[C@@H]1c1cccnc1. The van der Waals surface area contributed by atoms with Crippen LogP contribution in [0.3, 0.4) is 0 Å². The van der Waals surface area contributed by atoms with Crippen molar-refractivity contribution in [3.63, 3.8) is 0 Å². The fourth-order valence-corrected chi connectivity index (χ4v) is 5.02. The molecule has 8 heteroatoms. The Kier molecular flexibility index (Phi) is 6.33.